The number of hydrogen-bond acceptors (Lipinski definition) is 3. The molecule has 5 heteroatoms. The number of aromatic hydroxyl groups is 1. The quantitative estimate of drug-likeness (QED) is 0.685. The second-order valence-electron chi connectivity index (χ2n) is 3.28. The molecule has 82 valence electrons. The van der Waals surface area contributed by atoms with Crippen LogP contribution >= 0.6 is 0 Å². The lowest BCUT2D eigenvalue weighted by Crippen LogP contribution is -2.45. The van der Waals surface area contributed by atoms with E-state index in [1.54, 1.807) is 0 Å². The van der Waals surface area contributed by atoms with Crippen LogP contribution in [0.5, 0.6) is 5.75 Å². The van der Waals surface area contributed by atoms with Crippen LogP contribution in [0.15, 0.2) is 24.3 Å². The van der Waals surface area contributed by atoms with Crippen molar-refractivity contribution >= 4 is 5.97 Å². The molecule has 4 N–H and O–H groups in total. The van der Waals surface area contributed by atoms with Crippen molar-refractivity contribution < 1.29 is 19.4 Å². The van der Waals surface area contributed by atoms with Gasteiger partial charge in [-0.05, 0) is 17.7 Å². The summed E-state index contributed by atoms with van der Waals surface area (Å²) in [5, 5.41) is 18.2. The van der Waals surface area contributed by atoms with Gasteiger partial charge in [0, 0.05) is 6.54 Å². The van der Waals surface area contributed by atoms with Crippen LogP contribution in [0.1, 0.15) is 5.56 Å². The summed E-state index contributed by atoms with van der Waals surface area (Å²) in [6, 6.07) is 5.47. The highest BCUT2D eigenvalue weighted by atomic mass is 19.1. The minimum absolute atomic E-state index is 0.111. The van der Waals surface area contributed by atoms with Crippen molar-refractivity contribution in [2.75, 3.05) is 13.2 Å². The van der Waals surface area contributed by atoms with Crippen LogP contribution < -0.4 is 5.73 Å². The van der Waals surface area contributed by atoms with Gasteiger partial charge in [0.15, 0.2) is 0 Å². The van der Waals surface area contributed by atoms with Gasteiger partial charge in [0.2, 0.25) is 0 Å². The SMILES string of the molecule is NCC(CF)(C(=O)O)c1cccc(O)c1. The lowest BCUT2D eigenvalue weighted by atomic mass is 9.82. The number of hydrogen-bond donors (Lipinski definition) is 3. The Labute approximate surface area is 86.1 Å². The van der Waals surface area contributed by atoms with E-state index in [2.05, 4.69) is 0 Å². The molecule has 0 aliphatic rings. The molecule has 0 saturated heterocycles. The number of rotatable bonds is 4. The van der Waals surface area contributed by atoms with Crippen LogP contribution in [-0.2, 0) is 10.2 Å². The molecule has 0 fully saturated rings. The molecule has 4 nitrogen and oxygen atoms in total. The summed E-state index contributed by atoms with van der Waals surface area (Å²) in [6.45, 7) is -1.47. The maximum atomic E-state index is 12.8. The van der Waals surface area contributed by atoms with Gasteiger partial charge in [-0.3, -0.25) is 4.79 Å². The molecule has 0 amide bonds. The van der Waals surface area contributed by atoms with E-state index >= 15 is 0 Å². The first-order valence-electron chi connectivity index (χ1n) is 4.36. The van der Waals surface area contributed by atoms with Crippen LogP contribution in [0, 0.1) is 0 Å². The fraction of sp³-hybridized carbons (Fsp3) is 0.300. The standard InChI is InChI=1S/C10H12FNO3/c11-5-10(6-12,9(14)15)7-2-1-3-8(13)4-7/h1-4,13H,5-6,12H2,(H,14,15). The highest BCUT2D eigenvalue weighted by Crippen LogP contribution is 2.27. The van der Waals surface area contributed by atoms with Crippen LogP contribution in [0.4, 0.5) is 4.39 Å². The number of benzene rings is 1. The van der Waals surface area contributed by atoms with E-state index in [1.807, 2.05) is 0 Å². The summed E-state index contributed by atoms with van der Waals surface area (Å²) in [6.07, 6.45) is 0. The third-order valence-corrected chi connectivity index (χ3v) is 2.38. The van der Waals surface area contributed by atoms with Gasteiger partial charge in [-0.15, -0.1) is 0 Å². The van der Waals surface area contributed by atoms with Crippen molar-refractivity contribution in [2.45, 2.75) is 5.41 Å². The Morgan fingerprint density at radius 2 is 2.20 bits per heavy atom. The van der Waals surface area contributed by atoms with Crippen molar-refractivity contribution in [1.29, 1.82) is 0 Å². The van der Waals surface area contributed by atoms with Gasteiger partial charge >= 0.3 is 5.97 Å². The molecule has 0 aliphatic carbocycles. The second kappa shape index (κ2) is 4.27. The minimum atomic E-state index is -1.77. The second-order valence-corrected chi connectivity index (χ2v) is 3.28. The lowest BCUT2D eigenvalue weighted by molar-refractivity contribution is -0.144. The zero-order valence-electron chi connectivity index (χ0n) is 7.98. The number of phenols is 1. The van der Waals surface area contributed by atoms with Crippen LogP contribution in [-0.4, -0.2) is 29.4 Å². The number of alkyl halides is 1. The number of nitrogens with two attached hydrogens (primary N) is 1. The molecular formula is C10H12FNO3. The summed E-state index contributed by atoms with van der Waals surface area (Å²) in [5.74, 6) is -1.45. The van der Waals surface area contributed by atoms with Gasteiger partial charge in [-0.2, -0.15) is 0 Å². The number of carbonyl (C=O) groups is 1. The first-order chi connectivity index (χ1) is 7.06. The Bertz CT molecular complexity index is 363. The molecule has 1 aromatic rings. The first kappa shape index (κ1) is 11.5. The molecule has 0 saturated carbocycles. The average Bonchev–Trinajstić information content (AvgIpc) is 2.20. The molecule has 0 aromatic heterocycles. The van der Waals surface area contributed by atoms with E-state index in [0.717, 1.165) is 0 Å². The largest absolute Gasteiger partial charge is 0.508 e. The highest BCUT2D eigenvalue weighted by molar-refractivity contribution is 5.82. The van der Waals surface area contributed by atoms with Crippen molar-refractivity contribution in [2.24, 2.45) is 5.73 Å². The van der Waals surface area contributed by atoms with Crippen molar-refractivity contribution in [3.05, 3.63) is 29.8 Å². The van der Waals surface area contributed by atoms with Crippen LogP contribution in [0.2, 0.25) is 0 Å². The Morgan fingerprint density at radius 1 is 1.53 bits per heavy atom. The summed E-state index contributed by atoms with van der Waals surface area (Å²) < 4.78 is 12.8. The molecule has 1 rings (SSSR count). The summed E-state index contributed by atoms with van der Waals surface area (Å²) >= 11 is 0. The normalized spacial score (nSPS) is 14.5. The molecule has 0 aliphatic heterocycles. The molecule has 15 heavy (non-hydrogen) atoms. The van der Waals surface area contributed by atoms with Gasteiger partial charge in [-0.1, -0.05) is 12.1 Å². The zero-order valence-corrected chi connectivity index (χ0v) is 7.98. The van der Waals surface area contributed by atoms with E-state index < -0.39 is 18.1 Å². The number of carboxylic acid groups (broad SMARTS) is 1. The van der Waals surface area contributed by atoms with Gasteiger partial charge in [0.05, 0.1) is 0 Å². The third kappa shape index (κ3) is 1.92. The Balaban J connectivity index is 3.26. The van der Waals surface area contributed by atoms with E-state index in [4.69, 9.17) is 10.8 Å². The van der Waals surface area contributed by atoms with Gasteiger partial charge in [-0.25, -0.2) is 4.39 Å². The first-order valence-corrected chi connectivity index (χ1v) is 4.36. The molecule has 0 spiro atoms. The Kier molecular flexibility index (Phi) is 3.26. The van der Waals surface area contributed by atoms with Crippen LogP contribution in [0.3, 0.4) is 0 Å². The van der Waals surface area contributed by atoms with E-state index in [1.165, 1.54) is 24.3 Å². The molecule has 0 bridgehead atoms. The van der Waals surface area contributed by atoms with E-state index in [0.29, 0.717) is 0 Å². The van der Waals surface area contributed by atoms with Crippen LogP contribution in [0.25, 0.3) is 0 Å². The zero-order chi connectivity index (χ0) is 11.5. The molecule has 0 heterocycles. The summed E-state index contributed by atoms with van der Waals surface area (Å²) in [5.41, 5.74) is 3.70. The monoisotopic (exact) mass is 213 g/mol. The molecule has 1 aromatic carbocycles. The predicted molar refractivity (Wildman–Crippen MR) is 52.5 cm³/mol. The maximum Gasteiger partial charge on any atom is 0.318 e. The summed E-state index contributed by atoms with van der Waals surface area (Å²) in [4.78, 5) is 11.0. The van der Waals surface area contributed by atoms with Gasteiger partial charge in [0.25, 0.3) is 0 Å². The van der Waals surface area contributed by atoms with Gasteiger partial charge in [0.1, 0.15) is 17.8 Å². The topological polar surface area (TPSA) is 83.6 Å². The molecular weight excluding hydrogens is 201 g/mol. The Hall–Kier alpha value is -1.62. The van der Waals surface area contributed by atoms with Gasteiger partial charge < -0.3 is 15.9 Å². The highest BCUT2D eigenvalue weighted by Gasteiger charge is 2.39. The number of aliphatic carboxylic acids is 1. The van der Waals surface area contributed by atoms with E-state index in [-0.39, 0.29) is 17.9 Å². The number of phenolic OH excluding ortho intramolecular Hbond substituents is 1. The molecule has 0 radical (unpaired) electrons. The number of halogens is 1. The minimum Gasteiger partial charge on any atom is -0.508 e. The van der Waals surface area contributed by atoms with Crippen molar-refractivity contribution in [3.8, 4) is 5.75 Å². The van der Waals surface area contributed by atoms with E-state index in [9.17, 15) is 14.3 Å². The Morgan fingerprint density at radius 3 is 2.60 bits per heavy atom. The van der Waals surface area contributed by atoms with Crippen molar-refractivity contribution in [3.63, 3.8) is 0 Å². The summed E-state index contributed by atoms with van der Waals surface area (Å²) in [7, 11) is 0. The lowest BCUT2D eigenvalue weighted by Gasteiger charge is -2.24. The third-order valence-electron chi connectivity index (χ3n) is 2.38. The fourth-order valence-electron chi connectivity index (χ4n) is 1.32. The fourth-order valence-corrected chi connectivity index (χ4v) is 1.32. The number of carboxylic acids is 1. The van der Waals surface area contributed by atoms with Crippen molar-refractivity contribution in [1.82, 2.24) is 0 Å². The maximum absolute atomic E-state index is 12.8. The molecule has 1 unspecified atom stereocenters. The predicted octanol–water partition coefficient (Wildman–Crippen LogP) is 0.643. The smallest absolute Gasteiger partial charge is 0.318 e. The average molecular weight is 213 g/mol. The molecule has 1 atom stereocenters.